The average Bonchev–Trinajstić information content (AvgIpc) is 0.862. The molecule has 4 aliphatic rings. The highest BCUT2D eigenvalue weighted by Gasteiger charge is 2.48. The monoisotopic (exact) mass is 1380 g/mol. The summed E-state index contributed by atoms with van der Waals surface area (Å²) in [5, 5.41) is 110. The molecular formula is C58H97N8O28P. The van der Waals surface area contributed by atoms with E-state index >= 15 is 0 Å². The van der Waals surface area contributed by atoms with E-state index in [0.717, 1.165) is 6.66 Å². The summed E-state index contributed by atoms with van der Waals surface area (Å²) in [6, 6.07) is 2.09. The lowest BCUT2D eigenvalue weighted by atomic mass is 9.87. The molecule has 1 aromatic carbocycles. The van der Waals surface area contributed by atoms with Gasteiger partial charge in [0, 0.05) is 59.5 Å². The number of rotatable bonds is 40. The van der Waals surface area contributed by atoms with Gasteiger partial charge in [-0.1, -0.05) is 24.3 Å². The fourth-order valence-electron chi connectivity index (χ4n) is 10.9. The Bertz CT molecular complexity index is 2500. The quantitative estimate of drug-likeness (QED) is 0.0214. The number of hydrogen-bond acceptors (Lipinski definition) is 28. The topological polar surface area (TPSA) is 519 Å². The summed E-state index contributed by atoms with van der Waals surface area (Å²) in [6.07, 6.45) is -15.4. The van der Waals surface area contributed by atoms with E-state index in [0.29, 0.717) is 36.8 Å². The molecule has 542 valence electrons. The third-order valence-corrected chi connectivity index (χ3v) is 16.4. The Labute approximate surface area is 549 Å². The zero-order valence-corrected chi connectivity index (χ0v) is 54.6. The number of carbonyl (C=O) groups is 7. The number of aliphatic hydroxyl groups excluding tert-OH is 9. The predicted octanol–water partition coefficient (Wildman–Crippen LogP) is -7.81. The number of amides is 7. The van der Waals surface area contributed by atoms with Crippen LogP contribution in [0.5, 0.6) is 0 Å². The Morgan fingerprint density at radius 3 is 1.25 bits per heavy atom. The number of benzene rings is 1. The lowest BCUT2D eigenvalue weighted by Crippen LogP contribution is -2.64. The third kappa shape index (κ3) is 27.3. The van der Waals surface area contributed by atoms with E-state index < -0.39 is 180 Å². The van der Waals surface area contributed by atoms with E-state index in [2.05, 4.69) is 37.2 Å². The molecule has 0 bridgehead atoms. The highest BCUT2D eigenvalue weighted by Crippen LogP contribution is 2.42. The molecule has 3 aliphatic heterocycles. The normalized spacial score (nSPS) is 29.5. The fourth-order valence-corrected chi connectivity index (χ4v) is 11.7. The SMILES string of the molecule is CC(=O)NC1C(OCCOCCNC(=O)CN(CC(=O)NCCOCCOC2OC(CO)C(O)C(O)C2NC(C)=O)C(Cc2ccc(CNC(=O)C3CCC(OP(C)(=O)O)CC3)cc2)C(=O)NCCOCCOC2OC(CO)C(O)C(O)C2NC(C)=O)OC(CO)C(O)C1O. The fraction of sp³-hybridized carbons (Fsp3) is 0.776. The van der Waals surface area contributed by atoms with Crippen LogP contribution < -0.4 is 37.2 Å². The van der Waals surface area contributed by atoms with Gasteiger partial charge in [0.15, 0.2) is 18.9 Å². The molecule has 0 aromatic heterocycles. The highest BCUT2D eigenvalue weighted by molar-refractivity contribution is 7.51. The molecule has 17 unspecified atom stereocenters. The van der Waals surface area contributed by atoms with Crippen molar-refractivity contribution in [3.05, 3.63) is 35.4 Å². The van der Waals surface area contributed by atoms with Crippen molar-refractivity contribution in [1.29, 1.82) is 0 Å². The average molecular weight is 1390 g/mol. The molecule has 1 saturated carbocycles. The van der Waals surface area contributed by atoms with E-state index in [1.165, 1.54) is 25.7 Å². The van der Waals surface area contributed by atoms with E-state index in [1.807, 2.05) is 0 Å². The molecular weight excluding hydrogens is 1290 g/mol. The van der Waals surface area contributed by atoms with Crippen molar-refractivity contribution in [1.82, 2.24) is 42.1 Å². The number of nitrogens with one attached hydrogen (secondary N) is 7. The smallest absolute Gasteiger partial charge is 0.325 e. The number of ether oxygens (including phenoxy) is 9. The van der Waals surface area contributed by atoms with Crippen LogP contribution in [0.15, 0.2) is 24.3 Å². The van der Waals surface area contributed by atoms with Gasteiger partial charge in [-0.15, -0.1) is 0 Å². The summed E-state index contributed by atoms with van der Waals surface area (Å²) >= 11 is 0. The van der Waals surface area contributed by atoms with E-state index in [4.69, 9.17) is 47.2 Å². The van der Waals surface area contributed by atoms with Crippen LogP contribution in [0.1, 0.15) is 57.6 Å². The first-order valence-electron chi connectivity index (χ1n) is 31.4. The third-order valence-electron chi connectivity index (χ3n) is 15.7. The minimum Gasteiger partial charge on any atom is -0.394 e. The van der Waals surface area contributed by atoms with Gasteiger partial charge in [0.25, 0.3) is 0 Å². The van der Waals surface area contributed by atoms with Crippen LogP contribution in [0, 0.1) is 5.92 Å². The number of hydrogen-bond donors (Lipinski definition) is 17. The lowest BCUT2D eigenvalue weighted by Gasteiger charge is -2.42. The van der Waals surface area contributed by atoms with Crippen LogP contribution in [-0.4, -0.2) is 320 Å². The van der Waals surface area contributed by atoms with Crippen LogP contribution in [0.25, 0.3) is 0 Å². The van der Waals surface area contributed by atoms with Gasteiger partial charge >= 0.3 is 7.60 Å². The largest absolute Gasteiger partial charge is 0.394 e. The van der Waals surface area contributed by atoms with Gasteiger partial charge in [-0.3, -0.25) is 43.0 Å². The zero-order chi connectivity index (χ0) is 69.8. The maximum absolute atomic E-state index is 14.5. The standard InChI is InChI=1S/C58H97N8O28P/c1-32(70)63-45-51(78)48(75)40(29-67)91-56(45)88-22-19-85-16-13-59-43(73)27-66(28-44(74)60-14-17-86-20-23-89-57-46(64-33(2)71)52(79)49(76)41(30-68)92-57)39(25-35-5-7-36(8-6-35)26-62-54(81)37-9-11-38(12-10-37)94-95(4,83)84)55(82)61-15-18-87-21-24-90-58-47(65-34(3)72)53(80)50(77)42(31-69)93-58/h5-8,37-42,45-53,56-58,67-69,75-80H,9-31H2,1-4H3,(H,59,73)(H,60,74)(H,61,82)(H,62,81)(H,63,70)(H,64,71)(H,65,72)(H,83,84). The maximum atomic E-state index is 14.5. The Kier molecular flexibility index (Phi) is 35.1. The zero-order valence-electron chi connectivity index (χ0n) is 53.7. The molecule has 7 amide bonds. The van der Waals surface area contributed by atoms with E-state index in [-0.39, 0.29) is 104 Å². The predicted molar refractivity (Wildman–Crippen MR) is 325 cm³/mol. The summed E-state index contributed by atoms with van der Waals surface area (Å²) in [4.78, 5) is 102. The van der Waals surface area contributed by atoms with Crippen molar-refractivity contribution in [2.75, 3.05) is 119 Å². The van der Waals surface area contributed by atoms with Crippen molar-refractivity contribution >= 4 is 48.9 Å². The minimum absolute atomic E-state index is 0.0803. The molecule has 1 aromatic rings. The Balaban J connectivity index is 1.25. The molecule has 0 spiro atoms. The van der Waals surface area contributed by atoms with Gasteiger partial charge < -0.3 is 135 Å². The minimum atomic E-state index is -3.69. The first kappa shape index (κ1) is 80.6. The molecule has 4 fully saturated rings. The van der Waals surface area contributed by atoms with Gasteiger partial charge in [0.1, 0.15) is 73.1 Å². The lowest BCUT2D eigenvalue weighted by molar-refractivity contribution is -0.272. The first-order chi connectivity index (χ1) is 45.2. The van der Waals surface area contributed by atoms with Crippen LogP contribution in [0.2, 0.25) is 0 Å². The van der Waals surface area contributed by atoms with Crippen LogP contribution in [0.4, 0.5) is 0 Å². The molecule has 3 saturated heterocycles. The van der Waals surface area contributed by atoms with Gasteiger partial charge in [-0.2, -0.15) is 0 Å². The Hall–Kier alpha value is -5.10. The van der Waals surface area contributed by atoms with Crippen molar-refractivity contribution in [2.45, 2.75) is 163 Å². The summed E-state index contributed by atoms with van der Waals surface area (Å²) in [5.74, 6) is -4.10. The first-order valence-corrected chi connectivity index (χ1v) is 33.4. The molecule has 3 heterocycles. The van der Waals surface area contributed by atoms with Crippen molar-refractivity contribution < 1.29 is 136 Å². The van der Waals surface area contributed by atoms with Crippen molar-refractivity contribution in [2.24, 2.45) is 5.92 Å². The second kappa shape index (κ2) is 41.3. The van der Waals surface area contributed by atoms with Crippen LogP contribution >= 0.6 is 7.60 Å². The summed E-state index contributed by atoms with van der Waals surface area (Å²) in [5.41, 5.74) is 1.27. The summed E-state index contributed by atoms with van der Waals surface area (Å²) < 4.78 is 67.8. The van der Waals surface area contributed by atoms with Crippen LogP contribution in [0.3, 0.4) is 0 Å². The van der Waals surface area contributed by atoms with Gasteiger partial charge in [0.05, 0.1) is 105 Å². The number of nitrogens with zero attached hydrogens (tertiary/aromatic N) is 1. The molecule has 36 nitrogen and oxygen atoms in total. The summed E-state index contributed by atoms with van der Waals surface area (Å²) in [7, 11) is -3.69. The van der Waals surface area contributed by atoms with Gasteiger partial charge in [0.2, 0.25) is 41.4 Å². The molecule has 0 radical (unpaired) electrons. The van der Waals surface area contributed by atoms with Crippen molar-refractivity contribution in [3.8, 4) is 0 Å². The van der Waals surface area contributed by atoms with Gasteiger partial charge in [-0.25, -0.2) is 0 Å². The number of carbonyl (C=O) groups excluding carboxylic acids is 7. The van der Waals surface area contributed by atoms with E-state index in [1.54, 1.807) is 24.3 Å². The second-order valence-electron chi connectivity index (χ2n) is 23.3. The Morgan fingerprint density at radius 2 is 0.895 bits per heavy atom. The van der Waals surface area contributed by atoms with Crippen molar-refractivity contribution in [3.63, 3.8) is 0 Å². The summed E-state index contributed by atoms with van der Waals surface area (Å²) in [6.45, 7) is 0.488. The molecule has 17 N–H and O–H groups in total. The highest BCUT2D eigenvalue weighted by atomic mass is 31.2. The maximum Gasteiger partial charge on any atom is 0.325 e. The van der Waals surface area contributed by atoms with E-state index in [9.17, 15) is 89.0 Å². The molecule has 1 aliphatic carbocycles. The molecule has 37 heteroatoms. The Morgan fingerprint density at radius 1 is 0.526 bits per heavy atom. The van der Waals surface area contributed by atoms with Crippen LogP contribution in [-0.2, 0) is 98.2 Å². The number of aliphatic hydroxyl groups is 9. The molecule has 17 atom stereocenters. The molecule has 5 rings (SSSR count). The second-order valence-corrected chi connectivity index (χ2v) is 25.1. The van der Waals surface area contributed by atoms with Gasteiger partial charge in [-0.05, 0) is 43.2 Å². The molecule has 95 heavy (non-hydrogen) atoms.